The number of non-ortho nitro benzene ring substituents is 1. The number of nitro groups is 1. The number of anilines is 1. The Morgan fingerprint density at radius 3 is 2.35 bits per heavy atom. The molecule has 0 bridgehead atoms. The predicted octanol–water partition coefficient (Wildman–Crippen LogP) is 4.59. The fourth-order valence-electron chi connectivity index (χ4n) is 2.07. The Labute approximate surface area is 126 Å². The van der Waals surface area contributed by atoms with Crippen LogP contribution in [0.3, 0.4) is 0 Å². The second kappa shape index (κ2) is 6.05. The molecule has 2 rings (SSSR count). The minimum atomic E-state index is -0.397. The first kappa shape index (κ1) is 14.5. The fourth-order valence-corrected chi connectivity index (χ4v) is 2.57. The number of hydrogen-bond acceptors (Lipinski definition) is 3. The van der Waals surface area contributed by atoms with E-state index in [2.05, 4.69) is 53.3 Å². The summed E-state index contributed by atoms with van der Waals surface area (Å²) in [6.07, 6.45) is 0. The normalized spacial score (nSPS) is 10.3. The summed E-state index contributed by atoms with van der Waals surface area (Å²) in [4.78, 5) is 10.3. The van der Waals surface area contributed by atoms with Crippen LogP contribution >= 0.6 is 15.9 Å². The van der Waals surface area contributed by atoms with E-state index in [1.54, 1.807) is 6.07 Å². The highest BCUT2D eigenvalue weighted by molar-refractivity contribution is 9.10. The summed E-state index contributed by atoms with van der Waals surface area (Å²) in [7, 11) is 0. The van der Waals surface area contributed by atoms with Gasteiger partial charge in [-0.1, -0.05) is 22.0 Å². The Morgan fingerprint density at radius 2 is 1.80 bits per heavy atom. The first-order valence-corrected chi connectivity index (χ1v) is 7.00. The molecule has 1 N–H and O–H groups in total. The van der Waals surface area contributed by atoms with Crippen molar-refractivity contribution in [3.8, 4) is 0 Å². The largest absolute Gasteiger partial charge is 0.381 e. The van der Waals surface area contributed by atoms with Gasteiger partial charge in [-0.3, -0.25) is 10.1 Å². The maximum Gasteiger partial charge on any atom is 0.270 e. The van der Waals surface area contributed by atoms with E-state index in [1.807, 2.05) is 0 Å². The maximum atomic E-state index is 10.7. The van der Waals surface area contributed by atoms with Crippen LogP contribution in [0.25, 0.3) is 0 Å². The van der Waals surface area contributed by atoms with Crippen molar-refractivity contribution in [2.45, 2.75) is 20.4 Å². The zero-order valence-corrected chi connectivity index (χ0v) is 12.9. The molecule has 0 heterocycles. The number of rotatable bonds is 4. The average Bonchev–Trinajstić information content (AvgIpc) is 2.36. The lowest BCUT2D eigenvalue weighted by molar-refractivity contribution is -0.384. The van der Waals surface area contributed by atoms with Gasteiger partial charge in [0.1, 0.15) is 0 Å². The fraction of sp³-hybridized carbons (Fsp3) is 0.200. The molecular weight excluding hydrogens is 320 g/mol. The molecule has 104 valence electrons. The van der Waals surface area contributed by atoms with Crippen LogP contribution in [0.15, 0.2) is 40.9 Å². The molecule has 0 unspecified atom stereocenters. The van der Waals surface area contributed by atoms with E-state index in [-0.39, 0.29) is 5.69 Å². The number of nitro benzene ring substituents is 1. The van der Waals surface area contributed by atoms with Gasteiger partial charge in [-0.25, -0.2) is 0 Å². The summed E-state index contributed by atoms with van der Waals surface area (Å²) in [6.45, 7) is 4.72. The second-order valence-electron chi connectivity index (χ2n) is 4.76. The minimum absolute atomic E-state index is 0.0898. The van der Waals surface area contributed by atoms with Gasteiger partial charge >= 0.3 is 0 Å². The standard InChI is InChI=1S/C15H15BrN2O2/c1-10-5-11(2)7-13(6-10)17-9-12-3-4-14(18(19)20)8-15(12)16/h3-8,17H,9H2,1-2H3. The molecule has 2 aromatic carbocycles. The highest BCUT2D eigenvalue weighted by Gasteiger charge is 2.08. The zero-order valence-electron chi connectivity index (χ0n) is 11.3. The number of nitrogens with one attached hydrogen (secondary N) is 1. The topological polar surface area (TPSA) is 55.2 Å². The third kappa shape index (κ3) is 3.57. The molecule has 0 spiro atoms. The van der Waals surface area contributed by atoms with Gasteiger partial charge in [-0.2, -0.15) is 0 Å². The Balaban J connectivity index is 2.12. The van der Waals surface area contributed by atoms with Crippen LogP contribution in [0.5, 0.6) is 0 Å². The first-order chi connectivity index (χ1) is 9.45. The van der Waals surface area contributed by atoms with E-state index in [0.717, 1.165) is 15.7 Å². The molecule has 0 saturated carbocycles. The van der Waals surface area contributed by atoms with Crippen molar-refractivity contribution >= 4 is 27.3 Å². The number of halogens is 1. The van der Waals surface area contributed by atoms with Crippen LogP contribution in [-0.4, -0.2) is 4.92 Å². The number of hydrogen-bond donors (Lipinski definition) is 1. The highest BCUT2D eigenvalue weighted by atomic mass is 79.9. The van der Waals surface area contributed by atoms with Gasteiger partial charge in [0.2, 0.25) is 0 Å². The van der Waals surface area contributed by atoms with Crippen molar-refractivity contribution in [2.24, 2.45) is 0 Å². The van der Waals surface area contributed by atoms with E-state index in [9.17, 15) is 10.1 Å². The van der Waals surface area contributed by atoms with Crippen molar-refractivity contribution in [3.05, 3.63) is 67.7 Å². The van der Waals surface area contributed by atoms with Gasteiger partial charge in [0.25, 0.3) is 5.69 Å². The maximum absolute atomic E-state index is 10.7. The number of nitrogens with zero attached hydrogens (tertiary/aromatic N) is 1. The average molecular weight is 335 g/mol. The van der Waals surface area contributed by atoms with E-state index < -0.39 is 4.92 Å². The third-order valence-electron chi connectivity index (χ3n) is 2.95. The van der Waals surface area contributed by atoms with Crippen LogP contribution in [-0.2, 0) is 6.54 Å². The van der Waals surface area contributed by atoms with Gasteiger partial charge in [0.05, 0.1) is 4.92 Å². The quantitative estimate of drug-likeness (QED) is 0.657. The van der Waals surface area contributed by atoms with Crippen LogP contribution in [0.1, 0.15) is 16.7 Å². The van der Waals surface area contributed by atoms with Crippen molar-refractivity contribution < 1.29 is 4.92 Å². The summed E-state index contributed by atoms with van der Waals surface area (Å²) in [5, 5.41) is 14.0. The Hall–Kier alpha value is -1.88. The van der Waals surface area contributed by atoms with Crippen LogP contribution in [0, 0.1) is 24.0 Å². The Kier molecular flexibility index (Phi) is 4.39. The molecule has 0 aliphatic rings. The molecule has 0 amide bonds. The highest BCUT2D eigenvalue weighted by Crippen LogP contribution is 2.24. The van der Waals surface area contributed by atoms with Crippen LogP contribution in [0.4, 0.5) is 11.4 Å². The SMILES string of the molecule is Cc1cc(C)cc(NCc2ccc([N+](=O)[O-])cc2Br)c1. The lowest BCUT2D eigenvalue weighted by atomic mass is 10.1. The summed E-state index contributed by atoms with van der Waals surface area (Å²) in [5.74, 6) is 0. The molecule has 0 radical (unpaired) electrons. The molecule has 0 aliphatic heterocycles. The smallest absolute Gasteiger partial charge is 0.270 e. The second-order valence-corrected chi connectivity index (χ2v) is 5.62. The third-order valence-corrected chi connectivity index (χ3v) is 3.69. The molecule has 4 nitrogen and oxygen atoms in total. The monoisotopic (exact) mass is 334 g/mol. The lowest BCUT2D eigenvalue weighted by Gasteiger charge is -2.10. The predicted molar refractivity (Wildman–Crippen MR) is 84.0 cm³/mol. The van der Waals surface area contributed by atoms with Gasteiger partial charge in [-0.05, 0) is 48.7 Å². The molecule has 0 aromatic heterocycles. The summed E-state index contributed by atoms with van der Waals surface area (Å²) < 4.78 is 0.739. The van der Waals surface area contributed by atoms with Gasteiger partial charge in [0.15, 0.2) is 0 Å². The minimum Gasteiger partial charge on any atom is -0.381 e. The van der Waals surface area contributed by atoms with Gasteiger partial charge < -0.3 is 5.32 Å². The molecule has 20 heavy (non-hydrogen) atoms. The van der Waals surface area contributed by atoms with Crippen LogP contribution < -0.4 is 5.32 Å². The van der Waals surface area contributed by atoms with Crippen molar-refractivity contribution in [1.82, 2.24) is 0 Å². The molecule has 0 fully saturated rings. The first-order valence-electron chi connectivity index (χ1n) is 6.20. The lowest BCUT2D eigenvalue weighted by Crippen LogP contribution is -2.01. The Morgan fingerprint density at radius 1 is 1.15 bits per heavy atom. The zero-order chi connectivity index (χ0) is 14.7. The van der Waals surface area contributed by atoms with Crippen molar-refractivity contribution in [2.75, 3.05) is 5.32 Å². The van der Waals surface area contributed by atoms with E-state index in [0.29, 0.717) is 6.54 Å². The molecule has 0 atom stereocenters. The molecule has 5 heteroatoms. The van der Waals surface area contributed by atoms with E-state index >= 15 is 0 Å². The van der Waals surface area contributed by atoms with Crippen LogP contribution in [0.2, 0.25) is 0 Å². The number of benzene rings is 2. The summed E-state index contributed by atoms with van der Waals surface area (Å²) in [6, 6.07) is 11.1. The Bertz CT molecular complexity index is 636. The summed E-state index contributed by atoms with van der Waals surface area (Å²) in [5.41, 5.74) is 4.53. The molecular formula is C15H15BrN2O2. The van der Waals surface area contributed by atoms with Crippen molar-refractivity contribution in [3.63, 3.8) is 0 Å². The molecule has 2 aromatic rings. The van der Waals surface area contributed by atoms with Gasteiger partial charge in [0, 0.05) is 28.8 Å². The molecule has 0 aliphatic carbocycles. The summed E-state index contributed by atoms with van der Waals surface area (Å²) >= 11 is 3.37. The number of aryl methyl sites for hydroxylation is 2. The van der Waals surface area contributed by atoms with E-state index in [4.69, 9.17) is 0 Å². The molecule has 0 saturated heterocycles. The van der Waals surface area contributed by atoms with Gasteiger partial charge in [-0.15, -0.1) is 0 Å². The van der Waals surface area contributed by atoms with Crippen molar-refractivity contribution in [1.29, 1.82) is 0 Å². The van der Waals surface area contributed by atoms with E-state index in [1.165, 1.54) is 23.3 Å².